The molecule has 18 heavy (non-hydrogen) atoms. The van der Waals surface area contributed by atoms with Crippen LogP contribution in [0.3, 0.4) is 0 Å². The maximum absolute atomic E-state index is 14.0. The van der Waals surface area contributed by atoms with Crippen molar-refractivity contribution in [3.63, 3.8) is 0 Å². The maximum atomic E-state index is 14.0. The van der Waals surface area contributed by atoms with Crippen molar-refractivity contribution >= 4 is 5.69 Å². The second kappa shape index (κ2) is 7.34. The van der Waals surface area contributed by atoms with E-state index in [0.29, 0.717) is 11.3 Å². The molecular weight excluding hydrogens is 231 g/mol. The van der Waals surface area contributed by atoms with Crippen LogP contribution < -0.4 is 4.90 Å². The van der Waals surface area contributed by atoms with E-state index in [0.717, 1.165) is 26.1 Å². The van der Waals surface area contributed by atoms with E-state index < -0.39 is 0 Å². The Bertz CT molecular complexity index is 369. The summed E-state index contributed by atoms with van der Waals surface area (Å²) < 4.78 is 14.0. The van der Waals surface area contributed by atoms with E-state index in [1.165, 1.54) is 6.07 Å². The molecule has 1 N–H and O–H groups in total. The summed E-state index contributed by atoms with van der Waals surface area (Å²) in [6, 6.07) is 4.87. The number of halogens is 1. The van der Waals surface area contributed by atoms with E-state index in [1.54, 1.807) is 12.1 Å². The van der Waals surface area contributed by atoms with Crippen molar-refractivity contribution < 1.29 is 9.50 Å². The van der Waals surface area contributed by atoms with Gasteiger partial charge in [0.2, 0.25) is 0 Å². The summed E-state index contributed by atoms with van der Waals surface area (Å²) in [5.41, 5.74) is 1.20. The Morgan fingerprint density at radius 1 is 1.17 bits per heavy atom. The third-order valence-electron chi connectivity index (χ3n) is 2.87. The maximum Gasteiger partial charge on any atom is 0.146 e. The minimum absolute atomic E-state index is 0.130. The van der Waals surface area contributed by atoms with Crippen LogP contribution in [0, 0.1) is 5.82 Å². The first-order valence-corrected chi connectivity index (χ1v) is 6.38. The normalized spacial score (nSPS) is 11.0. The second-order valence-corrected chi connectivity index (χ2v) is 4.70. The molecule has 0 aromatic heterocycles. The van der Waals surface area contributed by atoms with Gasteiger partial charge in [0.15, 0.2) is 0 Å². The molecule has 0 aliphatic heterocycles. The molecular formula is C14H23FN2O. The zero-order chi connectivity index (χ0) is 13.5. The number of aliphatic hydroxyl groups excluding tert-OH is 1. The van der Waals surface area contributed by atoms with Gasteiger partial charge in [-0.05, 0) is 26.6 Å². The van der Waals surface area contributed by atoms with Crippen LogP contribution in [0.1, 0.15) is 18.9 Å². The van der Waals surface area contributed by atoms with Gasteiger partial charge in [-0.3, -0.25) is 0 Å². The molecule has 0 aliphatic rings. The monoisotopic (exact) mass is 254 g/mol. The molecule has 0 spiro atoms. The van der Waals surface area contributed by atoms with Crippen molar-refractivity contribution in [2.45, 2.75) is 20.0 Å². The van der Waals surface area contributed by atoms with Gasteiger partial charge in [0.05, 0.1) is 12.3 Å². The van der Waals surface area contributed by atoms with Crippen LogP contribution in [-0.2, 0) is 6.61 Å². The molecule has 1 rings (SSSR count). The smallest absolute Gasteiger partial charge is 0.146 e. The molecule has 0 atom stereocenters. The Labute approximate surface area is 109 Å². The fraction of sp³-hybridized carbons (Fsp3) is 0.571. The zero-order valence-corrected chi connectivity index (χ0v) is 11.5. The number of benzene rings is 1. The van der Waals surface area contributed by atoms with Crippen molar-refractivity contribution in [2.75, 3.05) is 38.6 Å². The summed E-state index contributed by atoms with van der Waals surface area (Å²) in [7, 11) is 4.00. The standard InChI is InChI=1S/C14H23FN2O/c1-4-8-17(10-9-16(2)3)14-12(11-18)6-5-7-13(14)15/h5-7,18H,4,8-11H2,1-3H3. The molecule has 3 nitrogen and oxygen atoms in total. The number of anilines is 1. The highest BCUT2D eigenvalue weighted by atomic mass is 19.1. The third kappa shape index (κ3) is 3.96. The average Bonchev–Trinajstić information content (AvgIpc) is 2.34. The molecule has 102 valence electrons. The van der Waals surface area contributed by atoms with Crippen LogP contribution in [0.4, 0.5) is 10.1 Å². The van der Waals surface area contributed by atoms with Crippen molar-refractivity contribution in [3.8, 4) is 0 Å². The lowest BCUT2D eigenvalue weighted by atomic mass is 10.1. The third-order valence-corrected chi connectivity index (χ3v) is 2.87. The number of hydrogen-bond acceptors (Lipinski definition) is 3. The predicted molar refractivity (Wildman–Crippen MR) is 73.4 cm³/mol. The lowest BCUT2D eigenvalue weighted by Gasteiger charge is -2.28. The largest absolute Gasteiger partial charge is 0.392 e. The zero-order valence-electron chi connectivity index (χ0n) is 11.5. The summed E-state index contributed by atoms with van der Waals surface area (Å²) in [5, 5.41) is 9.33. The number of likely N-dealkylation sites (N-methyl/N-ethyl adjacent to an activating group) is 1. The Kier molecular flexibility index (Phi) is 6.09. The molecule has 1 aromatic rings. The van der Waals surface area contributed by atoms with E-state index >= 15 is 0 Å². The van der Waals surface area contributed by atoms with Crippen LogP contribution in [-0.4, -0.2) is 43.7 Å². The lowest BCUT2D eigenvalue weighted by Crippen LogP contribution is -2.33. The number of nitrogens with zero attached hydrogens (tertiary/aromatic N) is 2. The van der Waals surface area contributed by atoms with E-state index in [-0.39, 0.29) is 12.4 Å². The second-order valence-electron chi connectivity index (χ2n) is 4.70. The van der Waals surface area contributed by atoms with E-state index in [2.05, 4.69) is 11.8 Å². The summed E-state index contributed by atoms with van der Waals surface area (Å²) in [4.78, 5) is 4.09. The summed E-state index contributed by atoms with van der Waals surface area (Å²) in [5.74, 6) is -0.256. The lowest BCUT2D eigenvalue weighted by molar-refractivity contribution is 0.281. The molecule has 4 heteroatoms. The minimum atomic E-state index is -0.256. The number of hydrogen-bond donors (Lipinski definition) is 1. The van der Waals surface area contributed by atoms with Crippen LogP contribution >= 0.6 is 0 Å². The van der Waals surface area contributed by atoms with E-state index in [9.17, 15) is 9.50 Å². The van der Waals surface area contributed by atoms with Crippen molar-refractivity contribution in [2.24, 2.45) is 0 Å². The van der Waals surface area contributed by atoms with Gasteiger partial charge in [0.25, 0.3) is 0 Å². The highest BCUT2D eigenvalue weighted by molar-refractivity contribution is 5.54. The number of rotatable bonds is 7. The predicted octanol–water partition coefficient (Wildman–Crippen LogP) is 2.10. The van der Waals surface area contributed by atoms with Gasteiger partial charge in [-0.15, -0.1) is 0 Å². The van der Waals surface area contributed by atoms with Crippen molar-refractivity contribution in [1.82, 2.24) is 4.90 Å². The van der Waals surface area contributed by atoms with Gasteiger partial charge >= 0.3 is 0 Å². The number of aliphatic hydroxyl groups is 1. The molecule has 0 bridgehead atoms. The van der Waals surface area contributed by atoms with Crippen molar-refractivity contribution in [1.29, 1.82) is 0 Å². The minimum Gasteiger partial charge on any atom is -0.392 e. The van der Waals surface area contributed by atoms with Crippen molar-refractivity contribution in [3.05, 3.63) is 29.6 Å². The summed E-state index contributed by atoms with van der Waals surface area (Å²) in [6.07, 6.45) is 0.951. The van der Waals surface area contributed by atoms with Gasteiger partial charge in [0.1, 0.15) is 5.82 Å². The Morgan fingerprint density at radius 2 is 1.89 bits per heavy atom. The number of para-hydroxylation sites is 1. The first-order valence-electron chi connectivity index (χ1n) is 6.38. The highest BCUT2D eigenvalue weighted by Gasteiger charge is 2.15. The molecule has 0 saturated carbocycles. The van der Waals surface area contributed by atoms with Gasteiger partial charge in [-0.25, -0.2) is 4.39 Å². The van der Waals surface area contributed by atoms with Crippen LogP contribution in [0.2, 0.25) is 0 Å². The summed E-state index contributed by atoms with van der Waals surface area (Å²) in [6.45, 7) is 4.35. The van der Waals surface area contributed by atoms with Crippen LogP contribution in [0.5, 0.6) is 0 Å². The molecule has 0 aliphatic carbocycles. The Balaban J connectivity index is 2.96. The molecule has 0 radical (unpaired) electrons. The average molecular weight is 254 g/mol. The molecule has 0 fully saturated rings. The van der Waals surface area contributed by atoms with E-state index in [1.807, 2.05) is 19.0 Å². The highest BCUT2D eigenvalue weighted by Crippen LogP contribution is 2.24. The van der Waals surface area contributed by atoms with E-state index in [4.69, 9.17) is 0 Å². The van der Waals surface area contributed by atoms with Gasteiger partial charge in [-0.1, -0.05) is 19.1 Å². The quantitative estimate of drug-likeness (QED) is 0.807. The first-order chi connectivity index (χ1) is 8.60. The molecule has 1 aromatic carbocycles. The van der Waals surface area contributed by atoms with Crippen LogP contribution in [0.15, 0.2) is 18.2 Å². The van der Waals surface area contributed by atoms with Gasteiger partial charge < -0.3 is 14.9 Å². The molecule has 0 heterocycles. The summed E-state index contributed by atoms with van der Waals surface area (Å²) >= 11 is 0. The van der Waals surface area contributed by atoms with Crippen LogP contribution in [0.25, 0.3) is 0 Å². The topological polar surface area (TPSA) is 26.7 Å². The fourth-order valence-electron chi connectivity index (χ4n) is 1.97. The Morgan fingerprint density at radius 3 is 2.44 bits per heavy atom. The molecule has 0 unspecified atom stereocenters. The Hall–Kier alpha value is -1.13. The SMILES string of the molecule is CCCN(CCN(C)C)c1c(F)cccc1CO. The fourth-order valence-corrected chi connectivity index (χ4v) is 1.97. The first kappa shape index (κ1) is 14.9. The van der Waals surface area contributed by atoms with Gasteiger partial charge in [-0.2, -0.15) is 0 Å². The molecule has 0 saturated heterocycles. The van der Waals surface area contributed by atoms with Gasteiger partial charge in [0, 0.05) is 25.2 Å². The molecule has 0 amide bonds.